The molecule has 1 aromatic carbocycles. The monoisotopic (exact) mass is 248 g/mol. The van der Waals surface area contributed by atoms with Crippen molar-refractivity contribution in [2.24, 2.45) is 5.41 Å². The van der Waals surface area contributed by atoms with Gasteiger partial charge in [0.05, 0.1) is 11.5 Å². The van der Waals surface area contributed by atoms with Gasteiger partial charge in [-0.15, -0.1) is 0 Å². The van der Waals surface area contributed by atoms with Crippen LogP contribution in [0.1, 0.15) is 37.4 Å². The molecular formula is C14H17ClN2. The Morgan fingerprint density at radius 1 is 1.53 bits per heavy atom. The van der Waals surface area contributed by atoms with Crippen molar-refractivity contribution in [2.45, 2.75) is 32.7 Å². The fourth-order valence-electron chi connectivity index (χ4n) is 2.22. The molecule has 0 bridgehead atoms. The fourth-order valence-corrected chi connectivity index (χ4v) is 2.41. The number of hydrogen-bond donors (Lipinski definition) is 1. The van der Waals surface area contributed by atoms with Gasteiger partial charge in [-0.05, 0) is 49.9 Å². The summed E-state index contributed by atoms with van der Waals surface area (Å²) in [6.45, 7) is 4.63. The Hall–Kier alpha value is -1.04. The zero-order valence-corrected chi connectivity index (χ0v) is 11.0. The van der Waals surface area contributed by atoms with Crippen molar-refractivity contribution >= 4 is 11.6 Å². The highest BCUT2D eigenvalue weighted by Crippen LogP contribution is 2.33. The second-order valence-corrected chi connectivity index (χ2v) is 5.75. The Morgan fingerprint density at radius 3 is 3.00 bits per heavy atom. The number of halogens is 1. The summed E-state index contributed by atoms with van der Waals surface area (Å²) in [7, 11) is 0. The minimum absolute atomic E-state index is 0.310. The Balaban J connectivity index is 2.06. The van der Waals surface area contributed by atoms with E-state index in [2.05, 4.69) is 17.5 Å². The van der Waals surface area contributed by atoms with Crippen molar-refractivity contribution in [3.63, 3.8) is 0 Å². The van der Waals surface area contributed by atoms with Crippen LogP contribution in [0.3, 0.4) is 0 Å². The number of benzene rings is 1. The summed E-state index contributed by atoms with van der Waals surface area (Å²) in [5, 5.41) is 13.3. The van der Waals surface area contributed by atoms with Crippen LogP contribution in [0.2, 0.25) is 5.02 Å². The lowest BCUT2D eigenvalue weighted by Crippen LogP contribution is -2.30. The Kier molecular flexibility index (Phi) is 3.42. The maximum Gasteiger partial charge on any atom is 0.0697 e. The molecule has 1 N–H and O–H groups in total. The maximum absolute atomic E-state index is 8.99. The number of rotatable bonds is 3. The lowest BCUT2D eigenvalue weighted by Gasteiger charge is -2.20. The third kappa shape index (κ3) is 2.80. The summed E-state index contributed by atoms with van der Waals surface area (Å²) in [5.41, 5.74) is 2.36. The molecule has 0 saturated heterocycles. The van der Waals surface area contributed by atoms with Crippen molar-refractivity contribution in [1.29, 1.82) is 5.26 Å². The lowest BCUT2D eigenvalue weighted by molar-refractivity contribution is 0.403. The molecule has 1 aliphatic rings. The molecule has 2 nitrogen and oxygen atoms in total. The minimum Gasteiger partial charge on any atom is -0.308 e. The Morgan fingerprint density at radius 2 is 2.29 bits per heavy atom. The van der Waals surface area contributed by atoms with E-state index in [0.717, 1.165) is 24.4 Å². The smallest absolute Gasteiger partial charge is 0.0697 e. The summed E-state index contributed by atoms with van der Waals surface area (Å²) >= 11 is 5.98. The van der Waals surface area contributed by atoms with Gasteiger partial charge in [0.25, 0.3) is 0 Å². The molecule has 0 aromatic heterocycles. The molecule has 1 atom stereocenters. The van der Waals surface area contributed by atoms with Crippen LogP contribution in [0.5, 0.6) is 0 Å². The summed E-state index contributed by atoms with van der Waals surface area (Å²) in [6, 6.07) is 8.77. The zero-order valence-electron chi connectivity index (χ0n) is 10.3. The van der Waals surface area contributed by atoms with Crippen molar-refractivity contribution in [2.75, 3.05) is 6.54 Å². The summed E-state index contributed by atoms with van der Waals surface area (Å²) < 4.78 is 0. The molecule has 17 heavy (non-hydrogen) atoms. The summed E-state index contributed by atoms with van der Waals surface area (Å²) in [5.74, 6) is 0. The van der Waals surface area contributed by atoms with Gasteiger partial charge in [0.1, 0.15) is 0 Å². The lowest BCUT2D eigenvalue weighted by atomic mass is 9.95. The van der Waals surface area contributed by atoms with E-state index in [1.165, 1.54) is 11.1 Å². The molecule has 0 heterocycles. The number of fused-ring (bicyclic) bond motifs is 1. The first-order chi connectivity index (χ1) is 8.02. The van der Waals surface area contributed by atoms with Crippen LogP contribution in [-0.4, -0.2) is 6.54 Å². The predicted molar refractivity (Wildman–Crippen MR) is 69.9 cm³/mol. The molecule has 0 amide bonds. The van der Waals surface area contributed by atoms with Gasteiger partial charge in [0.2, 0.25) is 0 Å². The van der Waals surface area contributed by atoms with E-state index in [-0.39, 0.29) is 5.41 Å². The number of nitriles is 1. The van der Waals surface area contributed by atoms with Gasteiger partial charge in [0.15, 0.2) is 0 Å². The van der Waals surface area contributed by atoms with E-state index in [0.29, 0.717) is 6.04 Å². The average Bonchev–Trinajstić information content (AvgIpc) is 2.69. The molecule has 90 valence electrons. The van der Waals surface area contributed by atoms with Crippen molar-refractivity contribution < 1.29 is 0 Å². The highest BCUT2D eigenvalue weighted by molar-refractivity contribution is 6.30. The maximum atomic E-state index is 8.99. The van der Waals surface area contributed by atoms with Crippen LogP contribution in [0.15, 0.2) is 18.2 Å². The third-order valence-electron chi connectivity index (χ3n) is 3.28. The topological polar surface area (TPSA) is 35.8 Å². The molecule has 0 radical (unpaired) electrons. The van der Waals surface area contributed by atoms with Crippen LogP contribution >= 0.6 is 11.6 Å². The molecule has 0 spiro atoms. The van der Waals surface area contributed by atoms with Gasteiger partial charge < -0.3 is 5.32 Å². The van der Waals surface area contributed by atoms with Crippen LogP contribution in [0.25, 0.3) is 0 Å². The van der Waals surface area contributed by atoms with Crippen LogP contribution in [0.4, 0.5) is 0 Å². The fraction of sp³-hybridized carbons (Fsp3) is 0.500. The largest absolute Gasteiger partial charge is 0.308 e. The first-order valence-electron chi connectivity index (χ1n) is 5.95. The van der Waals surface area contributed by atoms with Gasteiger partial charge in [0, 0.05) is 17.6 Å². The molecule has 2 rings (SSSR count). The van der Waals surface area contributed by atoms with E-state index in [1.54, 1.807) is 0 Å². The molecule has 3 heteroatoms. The zero-order chi connectivity index (χ0) is 12.5. The normalized spacial score (nSPS) is 18.8. The Bertz CT molecular complexity index is 460. The highest BCUT2D eigenvalue weighted by atomic mass is 35.5. The van der Waals surface area contributed by atoms with Gasteiger partial charge in [-0.3, -0.25) is 0 Å². The van der Waals surface area contributed by atoms with E-state index < -0.39 is 0 Å². The van der Waals surface area contributed by atoms with Crippen molar-refractivity contribution in [3.8, 4) is 6.07 Å². The van der Waals surface area contributed by atoms with Gasteiger partial charge >= 0.3 is 0 Å². The SMILES string of the molecule is CC(C)(C#N)CNC1CCc2cc(Cl)ccc21. The van der Waals surface area contributed by atoms with Gasteiger partial charge in [-0.1, -0.05) is 17.7 Å². The van der Waals surface area contributed by atoms with Crippen LogP contribution < -0.4 is 5.32 Å². The van der Waals surface area contributed by atoms with E-state index in [4.69, 9.17) is 16.9 Å². The molecule has 0 aliphatic heterocycles. The number of nitrogens with one attached hydrogen (secondary N) is 1. The average molecular weight is 249 g/mol. The van der Waals surface area contributed by atoms with Crippen molar-refractivity contribution in [1.82, 2.24) is 5.32 Å². The molecular weight excluding hydrogens is 232 g/mol. The van der Waals surface area contributed by atoms with Crippen molar-refractivity contribution in [3.05, 3.63) is 34.3 Å². The second-order valence-electron chi connectivity index (χ2n) is 5.31. The summed E-state index contributed by atoms with van der Waals surface area (Å²) in [4.78, 5) is 0. The minimum atomic E-state index is -0.310. The van der Waals surface area contributed by atoms with Gasteiger partial charge in [-0.25, -0.2) is 0 Å². The van der Waals surface area contributed by atoms with E-state index in [1.807, 2.05) is 26.0 Å². The molecule has 0 saturated carbocycles. The first-order valence-corrected chi connectivity index (χ1v) is 6.32. The summed E-state index contributed by atoms with van der Waals surface area (Å²) in [6.07, 6.45) is 2.16. The quantitative estimate of drug-likeness (QED) is 0.889. The number of nitrogens with zero attached hydrogens (tertiary/aromatic N) is 1. The Labute approximate surface area is 108 Å². The van der Waals surface area contributed by atoms with Gasteiger partial charge in [-0.2, -0.15) is 5.26 Å². The third-order valence-corrected chi connectivity index (χ3v) is 3.51. The van der Waals surface area contributed by atoms with Crippen LogP contribution in [-0.2, 0) is 6.42 Å². The first kappa shape index (κ1) is 12.4. The van der Waals surface area contributed by atoms with Crippen LogP contribution in [0, 0.1) is 16.7 Å². The number of hydrogen-bond acceptors (Lipinski definition) is 2. The van der Waals surface area contributed by atoms with E-state index in [9.17, 15) is 0 Å². The predicted octanol–water partition coefficient (Wildman–Crippen LogP) is 3.47. The molecule has 1 aromatic rings. The molecule has 0 fully saturated rings. The second kappa shape index (κ2) is 4.68. The van der Waals surface area contributed by atoms with E-state index >= 15 is 0 Å². The molecule has 1 unspecified atom stereocenters. The number of aryl methyl sites for hydroxylation is 1. The highest BCUT2D eigenvalue weighted by Gasteiger charge is 2.25. The molecule has 1 aliphatic carbocycles. The standard InChI is InChI=1S/C14H17ClN2/c1-14(2,8-16)9-17-13-6-3-10-7-11(15)4-5-12(10)13/h4-5,7,13,17H,3,6,9H2,1-2H3.